The van der Waals surface area contributed by atoms with Crippen molar-refractivity contribution >= 4 is 11.6 Å². The molecule has 66 valence electrons. The summed E-state index contributed by atoms with van der Waals surface area (Å²) in [6, 6.07) is 0.508. The minimum Gasteiger partial charge on any atom is -0.326 e. The van der Waals surface area contributed by atoms with Crippen molar-refractivity contribution in [3.63, 3.8) is 0 Å². The summed E-state index contributed by atoms with van der Waals surface area (Å²) in [7, 11) is 0. The third-order valence-electron chi connectivity index (χ3n) is 1.41. The molecule has 1 aromatic carbocycles. The van der Waals surface area contributed by atoms with Crippen molar-refractivity contribution in [2.45, 2.75) is 6.54 Å². The summed E-state index contributed by atoms with van der Waals surface area (Å²) in [5, 5.41) is -0.725. The molecular formula is C7H5ClF3N. The third-order valence-corrected chi connectivity index (χ3v) is 1.76. The largest absolute Gasteiger partial charge is 0.326 e. The predicted molar refractivity (Wildman–Crippen MR) is 39.2 cm³/mol. The molecule has 0 spiro atoms. The van der Waals surface area contributed by atoms with Gasteiger partial charge in [0.25, 0.3) is 0 Å². The molecule has 0 atom stereocenters. The van der Waals surface area contributed by atoms with Gasteiger partial charge in [-0.25, -0.2) is 13.2 Å². The normalized spacial score (nSPS) is 10.4. The van der Waals surface area contributed by atoms with Crippen molar-refractivity contribution in [1.82, 2.24) is 0 Å². The Kier molecular flexibility index (Phi) is 2.59. The molecule has 1 nitrogen and oxygen atoms in total. The zero-order chi connectivity index (χ0) is 9.30. The zero-order valence-electron chi connectivity index (χ0n) is 5.87. The summed E-state index contributed by atoms with van der Waals surface area (Å²) in [5.41, 5.74) is 4.61. The van der Waals surface area contributed by atoms with Crippen LogP contribution in [0.2, 0.25) is 5.02 Å². The van der Waals surface area contributed by atoms with Crippen LogP contribution in [0.3, 0.4) is 0 Å². The van der Waals surface area contributed by atoms with E-state index in [1.807, 2.05) is 0 Å². The van der Waals surface area contributed by atoms with Gasteiger partial charge in [-0.3, -0.25) is 0 Å². The lowest BCUT2D eigenvalue weighted by molar-refractivity contribution is 0.525. The zero-order valence-corrected chi connectivity index (χ0v) is 6.63. The van der Waals surface area contributed by atoms with E-state index in [4.69, 9.17) is 17.3 Å². The van der Waals surface area contributed by atoms with Crippen LogP contribution in [0.25, 0.3) is 0 Å². The molecule has 0 aliphatic rings. The SMILES string of the molecule is NCc1c(F)cc(F)c(Cl)c1F. The van der Waals surface area contributed by atoms with Gasteiger partial charge in [0, 0.05) is 18.2 Å². The van der Waals surface area contributed by atoms with E-state index in [9.17, 15) is 13.2 Å². The van der Waals surface area contributed by atoms with Crippen LogP contribution < -0.4 is 5.73 Å². The number of halogens is 4. The van der Waals surface area contributed by atoms with E-state index in [2.05, 4.69) is 0 Å². The first-order chi connectivity index (χ1) is 5.57. The minimum absolute atomic E-state index is 0.350. The number of rotatable bonds is 1. The molecule has 2 N–H and O–H groups in total. The van der Waals surface area contributed by atoms with Gasteiger partial charge < -0.3 is 5.73 Å². The summed E-state index contributed by atoms with van der Waals surface area (Å²) in [6.07, 6.45) is 0. The fraction of sp³-hybridized carbons (Fsp3) is 0.143. The molecule has 0 saturated carbocycles. The van der Waals surface area contributed by atoms with Crippen LogP contribution in [0.5, 0.6) is 0 Å². The maximum atomic E-state index is 12.8. The van der Waals surface area contributed by atoms with Crippen LogP contribution in [0.15, 0.2) is 6.07 Å². The first-order valence-corrected chi connectivity index (χ1v) is 3.47. The Morgan fingerprint density at radius 1 is 1.25 bits per heavy atom. The molecule has 0 bridgehead atoms. The maximum absolute atomic E-state index is 12.8. The van der Waals surface area contributed by atoms with Crippen molar-refractivity contribution < 1.29 is 13.2 Å². The van der Waals surface area contributed by atoms with Crippen LogP contribution in [-0.2, 0) is 6.54 Å². The molecule has 0 unspecified atom stereocenters. The van der Waals surface area contributed by atoms with Crippen LogP contribution in [-0.4, -0.2) is 0 Å². The first kappa shape index (κ1) is 9.35. The van der Waals surface area contributed by atoms with Gasteiger partial charge in [-0.05, 0) is 0 Å². The van der Waals surface area contributed by atoms with Gasteiger partial charge in [0.05, 0.1) is 0 Å². The van der Waals surface area contributed by atoms with E-state index in [1.54, 1.807) is 0 Å². The number of hydrogen-bond donors (Lipinski definition) is 1. The van der Waals surface area contributed by atoms with Gasteiger partial charge in [0.1, 0.15) is 16.7 Å². The molecule has 1 rings (SSSR count). The molecule has 0 aliphatic heterocycles. The smallest absolute Gasteiger partial charge is 0.152 e. The van der Waals surface area contributed by atoms with Crippen molar-refractivity contribution in [3.8, 4) is 0 Å². The average molecular weight is 196 g/mol. The Bertz CT molecular complexity index is 314. The van der Waals surface area contributed by atoms with E-state index in [0.29, 0.717) is 6.07 Å². The van der Waals surface area contributed by atoms with Crippen molar-refractivity contribution in [2.75, 3.05) is 0 Å². The number of hydrogen-bond acceptors (Lipinski definition) is 1. The second-order valence-corrected chi connectivity index (χ2v) is 2.53. The summed E-state index contributed by atoms with van der Waals surface area (Å²) >= 11 is 5.16. The highest BCUT2D eigenvalue weighted by atomic mass is 35.5. The highest BCUT2D eigenvalue weighted by Crippen LogP contribution is 2.23. The molecule has 0 amide bonds. The standard InChI is InChI=1S/C7H5ClF3N/c8-6-5(10)1-4(9)3(2-12)7(6)11/h1H,2,12H2. The Morgan fingerprint density at radius 3 is 2.33 bits per heavy atom. The molecule has 0 aromatic heterocycles. The van der Waals surface area contributed by atoms with E-state index >= 15 is 0 Å². The Balaban J connectivity index is 3.40. The summed E-state index contributed by atoms with van der Waals surface area (Å²) in [6.45, 7) is -0.350. The van der Waals surface area contributed by atoms with Gasteiger partial charge in [-0.15, -0.1) is 0 Å². The molecule has 0 radical (unpaired) electrons. The Labute approximate surface area is 71.9 Å². The van der Waals surface area contributed by atoms with Gasteiger partial charge in [-0.1, -0.05) is 11.6 Å². The van der Waals surface area contributed by atoms with Crippen LogP contribution in [0, 0.1) is 17.5 Å². The van der Waals surface area contributed by atoms with E-state index in [-0.39, 0.29) is 6.54 Å². The highest BCUT2D eigenvalue weighted by molar-refractivity contribution is 6.30. The summed E-state index contributed by atoms with van der Waals surface area (Å²) in [4.78, 5) is 0. The molecular weight excluding hydrogens is 191 g/mol. The third kappa shape index (κ3) is 1.40. The van der Waals surface area contributed by atoms with Crippen LogP contribution in [0.4, 0.5) is 13.2 Å². The molecule has 1 aromatic rings. The van der Waals surface area contributed by atoms with E-state index < -0.39 is 28.0 Å². The lowest BCUT2D eigenvalue weighted by Crippen LogP contribution is -2.05. The monoisotopic (exact) mass is 195 g/mol. The van der Waals surface area contributed by atoms with Crippen molar-refractivity contribution in [1.29, 1.82) is 0 Å². The second-order valence-electron chi connectivity index (χ2n) is 2.15. The molecule has 0 fully saturated rings. The number of nitrogens with two attached hydrogens (primary N) is 1. The van der Waals surface area contributed by atoms with E-state index in [1.165, 1.54) is 0 Å². The van der Waals surface area contributed by atoms with Crippen molar-refractivity contribution in [2.24, 2.45) is 5.73 Å². The van der Waals surface area contributed by atoms with Gasteiger partial charge in [-0.2, -0.15) is 0 Å². The van der Waals surface area contributed by atoms with Crippen LogP contribution >= 0.6 is 11.6 Å². The molecule has 12 heavy (non-hydrogen) atoms. The molecule has 5 heteroatoms. The lowest BCUT2D eigenvalue weighted by atomic mass is 10.2. The second kappa shape index (κ2) is 3.33. The van der Waals surface area contributed by atoms with Gasteiger partial charge in [0.15, 0.2) is 5.82 Å². The number of benzene rings is 1. The van der Waals surface area contributed by atoms with Gasteiger partial charge >= 0.3 is 0 Å². The molecule has 0 saturated heterocycles. The topological polar surface area (TPSA) is 26.0 Å². The maximum Gasteiger partial charge on any atom is 0.152 e. The summed E-state index contributed by atoms with van der Waals surface area (Å²) in [5.74, 6) is -3.27. The predicted octanol–water partition coefficient (Wildman–Crippen LogP) is 2.22. The molecule has 0 heterocycles. The summed E-state index contributed by atoms with van der Waals surface area (Å²) < 4.78 is 38.0. The fourth-order valence-corrected chi connectivity index (χ4v) is 0.960. The van der Waals surface area contributed by atoms with E-state index in [0.717, 1.165) is 0 Å². The lowest BCUT2D eigenvalue weighted by Gasteiger charge is -2.03. The Hall–Kier alpha value is -0.740. The highest BCUT2D eigenvalue weighted by Gasteiger charge is 2.15. The minimum atomic E-state index is -1.13. The van der Waals surface area contributed by atoms with Gasteiger partial charge in [0.2, 0.25) is 0 Å². The van der Waals surface area contributed by atoms with Crippen LogP contribution in [0.1, 0.15) is 5.56 Å². The molecule has 0 aliphatic carbocycles. The quantitative estimate of drug-likeness (QED) is 0.540. The van der Waals surface area contributed by atoms with Crippen molar-refractivity contribution in [3.05, 3.63) is 34.1 Å². The average Bonchev–Trinajstić information content (AvgIpc) is 2.01. The fourth-order valence-electron chi connectivity index (χ4n) is 0.791. The first-order valence-electron chi connectivity index (χ1n) is 3.10. The Morgan fingerprint density at radius 2 is 1.83 bits per heavy atom.